The van der Waals surface area contributed by atoms with E-state index in [9.17, 15) is 4.79 Å². The molecule has 0 aliphatic rings. The number of aromatic amines is 1. The molecule has 1 amide bonds. The fourth-order valence-electron chi connectivity index (χ4n) is 2.34. The highest BCUT2D eigenvalue weighted by atomic mass is 16.1. The van der Waals surface area contributed by atoms with E-state index >= 15 is 0 Å². The van der Waals surface area contributed by atoms with E-state index in [1.54, 1.807) is 0 Å². The van der Waals surface area contributed by atoms with Crippen LogP contribution in [0.15, 0.2) is 54.6 Å². The Kier molecular flexibility index (Phi) is 4.47. The van der Waals surface area contributed by atoms with Gasteiger partial charge in [-0.05, 0) is 18.6 Å². The zero-order valence-corrected chi connectivity index (χ0v) is 12.9. The number of anilines is 1. The topological polar surface area (TPSA) is 70.7 Å². The molecule has 23 heavy (non-hydrogen) atoms. The molecule has 0 atom stereocenters. The number of carbonyl (C=O) groups excluding carboxylic acids is 1. The summed E-state index contributed by atoms with van der Waals surface area (Å²) in [6, 6.07) is 17.4. The smallest absolute Gasteiger partial charge is 0.224 e. The lowest BCUT2D eigenvalue weighted by molar-refractivity contribution is -0.116. The Hall–Kier alpha value is -2.95. The minimum atomic E-state index is 0.00254. The molecule has 2 aromatic carbocycles. The summed E-state index contributed by atoms with van der Waals surface area (Å²) in [5.74, 6) is 1.27. The van der Waals surface area contributed by atoms with Crippen LogP contribution in [-0.4, -0.2) is 21.1 Å². The maximum Gasteiger partial charge on any atom is 0.224 e. The quantitative estimate of drug-likeness (QED) is 0.751. The van der Waals surface area contributed by atoms with Gasteiger partial charge in [0.15, 0.2) is 11.6 Å². The molecular weight excluding hydrogens is 288 g/mol. The number of nitrogens with one attached hydrogen (secondary N) is 2. The number of rotatable bonds is 5. The Labute approximate surface area is 134 Å². The number of amides is 1. The van der Waals surface area contributed by atoms with Crippen LogP contribution in [0.3, 0.4) is 0 Å². The number of nitrogens with zero attached hydrogens (tertiary/aromatic N) is 2. The molecule has 0 unspecified atom stereocenters. The predicted octanol–water partition coefficient (Wildman–Crippen LogP) is 3.88. The van der Waals surface area contributed by atoms with E-state index in [2.05, 4.69) is 20.5 Å². The summed E-state index contributed by atoms with van der Waals surface area (Å²) in [4.78, 5) is 16.4. The van der Waals surface area contributed by atoms with Crippen LogP contribution in [0.1, 0.15) is 19.8 Å². The van der Waals surface area contributed by atoms with Crippen molar-refractivity contribution in [3.05, 3.63) is 54.6 Å². The predicted molar refractivity (Wildman–Crippen MR) is 90.8 cm³/mol. The number of hydrogen-bond acceptors (Lipinski definition) is 3. The van der Waals surface area contributed by atoms with Crippen molar-refractivity contribution in [1.82, 2.24) is 15.2 Å². The van der Waals surface area contributed by atoms with Gasteiger partial charge in [-0.1, -0.05) is 49.4 Å². The first kappa shape index (κ1) is 15.0. The van der Waals surface area contributed by atoms with Crippen molar-refractivity contribution in [3.63, 3.8) is 0 Å². The molecule has 3 rings (SSSR count). The summed E-state index contributed by atoms with van der Waals surface area (Å²) >= 11 is 0. The van der Waals surface area contributed by atoms with Crippen LogP contribution in [-0.2, 0) is 4.79 Å². The third kappa shape index (κ3) is 3.45. The summed E-state index contributed by atoms with van der Waals surface area (Å²) in [7, 11) is 0. The molecule has 5 nitrogen and oxygen atoms in total. The highest BCUT2D eigenvalue weighted by molar-refractivity contribution is 5.94. The highest BCUT2D eigenvalue weighted by Gasteiger charge is 2.12. The fraction of sp³-hybridized carbons (Fsp3) is 0.167. The zero-order valence-electron chi connectivity index (χ0n) is 12.9. The van der Waals surface area contributed by atoms with Gasteiger partial charge in [0.1, 0.15) is 0 Å². The largest absolute Gasteiger partial charge is 0.325 e. The van der Waals surface area contributed by atoms with Crippen LogP contribution in [0, 0.1) is 0 Å². The van der Waals surface area contributed by atoms with Crippen molar-refractivity contribution in [2.45, 2.75) is 19.8 Å². The number of aromatic nitrogens is 3. The molecule has 0 saturated carbocycles. The molecule has 0 saturated heterocycles. The highest BCUT2D eigenvalue weighted by Crippen LogP contribution is 2.26. The molecule has 0 radical (unpaired) electrons. The zero-order chi connectivity index (χ0) is 16.1. The Morgan fingerprint density at radius 1 is 1.09 bits per heavy atom. The Morgan fingerprint density at radius 3 is 2.61 bits per heavy atom. The van der Waals surface area contributed by atoms with Crippen LogP contribution in [0.4, 0.5) is 5.69 Å². The number of benzene rings is 2. The molecule has 3 aromatic rings. The first-order chi connectivity index (χ1) is 11.3. The second-order valence-corrected chi connectivity index (χ2v) is 5.22. The summed E-state index contributed by atoms with van der Waals surface area (Å²) in [5, 5.41) is 10.2. The van der Waals surface area contributed by atoms with Gasteiger partial charge in [0, 0.05) is 17.5 Å². The van der Waals surface area contributed by atoms with Gasteiger partial charge in [0.2, 0.25) is 5.91 Å². The van der Waals surface area contributed by atoms with Gasteiger partial charge >= 0.3 is 0 Å². The van der Waals surface area contributed by atoms with Gasteiger partial charge in [-0.2, -0.15) is 5.10 Å². The van der Waals surface area contributed by atoms with Crippen molar-refractivity contribution >= 4 is 11.6 Å². The van der Waals surface area contributed by atoms with Crippen molar-refractivity contribution in [2.24, 2.45) is 0 Å². The lowest BCUT2D eigenvalue weighted by Gasteiger charge is -2.08. The van der Waals surface area contributed by atoms with E-state index in [1.807, 2.05) is 61.5 Å². The molecule has 116 valence electrons. The average Bonchev–Trinajstić information content (AvgIpc) is 3.06. The fourth-order valence-corrected chi connectivity index (χ4v) is 2.34. The standard InChI is InChI=1S/C18H18N4O/c1-2-8-16(23)19-15-12-7-6-11-14(15)18-20-17(21-22-18)13-9-4-3-5-10-13/h3-7,9-12H,2,8H2,1H3,(H,19,23)(H,20,21,22). The summed E-state index contributed by atoms with van der Waals surface area (Å²) < 4.78 is 0. The van der Waals surface area contributed by atoms with Gasteiger partial charge < -0.3 is 5.32 Å². The molecule has 5 heteroatoms. The van der Waals surface area contributed by atoms with E-state index in [0.29, 0.717) is 18.1 Å². The first-order valence-corrected chi connectivity index (χ1v) is 7.65. The molecule has 2 N–H and O–H groups in total. The Balaban J connectivity index is 1.91. The molecule has 1 aromatic heterocycles. The van der Waals surface area contributed by atoms with Crippen molar-refractivity contribution in [2.75, 3.05) is 5.32 Å². The summed E-state index contributed by atoms with van der Waals surface area (Å²) in [6.45, 7) is 1.98. The van der Waals surface area contributed by atoms with E-state index in [-0.39, 0.29) is 5.91 Å². The first-order valence-electron chi connectivity index (χ1n) is 7.65. The Bertz CT molecular complexity index is 796. The SMILES string of the molecule is CCCC(=O)Nc1ccccc1-c1nc(-c2ccccc2)n[nH]1. The summed E-state index contributed by atoms with van der Waals surface area (Å²) in [6.07, 6.45) is 1.31. The third-order valence-electron chi connectivity index (χ3n) is 3.45. The van der Waals surface area contributed by atoms with Crippen molar-refractivity contribution in [3.8, 4) is 22.8 Å². The molecule has 0 fully saturated rings. The molecule has 1 heterocycles. The van der Waals surface area contributed by atoms with Gasteiger partial charge in [-0.3, -0.25) is 9.89 Å². The van der Waals surface area contributed by atoms with Gasteiger partial charge in [0.05, 0.1) is 5.69 Å². The van der Waals surface area contributed by atoms with Crippen molar-refractivity contribution < 1.29 is 4.79 Å². The second-order valence-electron chi connectivity index (χ2n) is 5.22. The van der Waals surface area contributed by atoms with Crippen LogP contribution in [0.2, 0.25) is 0 Å². The maximum absolute atomic E-state index is 11.9. The monoisotopic (exact) mass is 306 g/mol. The molecule has 0 aliphatic carbocycles. The van der Waals surface area contributed by atoms with Crippen LogP contribution < -0.4 is 5.32 Å². The number of para-hydroxylation sites is 1. The Morgan fingerprint density at radius 2 is 1.83 bits per heavy atom. The van der Waals surface area contributed by atoms with E-state index in [4.69, 9.17) is 0 Å². The van der Waals surface area contributed by atoms with Gasteiger partial charge in [0.25, 0.3) is 0 Å². The lowest BCUT2D eigenvalue weighted by Crippen LogP contribution is -2.11. The second kappa shape index (κ2) is 6.87. The molecule has 0 bridgehead atoms. The van der Waals surface area contributed by atoms with Crippen LogP contribution >= 0.6 is 0 Å². The number of hydrogen-bond donors (Lipinski definition) is 2. The van der Waals surface area contributed by atoms with E-state index in [0.717, 1.165) is 23.2 Å². The van der Waals surface area contributed by atoms with Crippen LogP contribution in [0.25, 0.3) is 22.8 Å². The van der Waals surface area contributed by atoms with Gasteiger partial charge in [-0.15, -0.1) is 0 Å². The number of carbonyl (C=O) groups is 1. The normalized spacial score (nSPS) is 10.5. The van der Waals surface area contributed by atoms with E-state index < -0.39 is 0 Å². The van der Waals surface area contributed by atoms with Gasteiger partial charge in [-0.25, -0.2) is 4.98 Å². The van der Waals surface area contributed by atoms with Crippen molar-refractivity contribution in [1.29, 1.82) is 0 Å². The maximum atomic E-state index is 11.9. The third-order valence-corrected chi connectivity index (χ3v) is 3.45. The van der Waals surface area contributed by atoms with Crippen LogP contribution in [0.5, 0.6) is 0 Å². The minimum absolute atomic E-state index is 0.00254. The minimum Gasteiger partial charge on any atom is -0.325 e. The molecular formula is C18H18N4O. The van der Waals surface area contributed by atoms with E-state index in [1.165, 1.54) is 0 Å². The number of H-pyrrole nitrogens is 1. The summed E-state index contributed by atoms with van der Waals surface area (Å²) in [5.41, 5.74) is 2.51. The molecule has 0 spiro atoms. The lowest BCUT2D eigenvalue weighted by atomic mass is 10.1. The molecule has 0 aliphatic heterocycles. The average molecular weight is 306 g/mol.